The molecule has 0 radical (unpaired) electrons. The summed E-state index contributed by atoms with van der Waals surface area (Å²) in [4.78, 5) is 15.5. The van der Waals surface area contributed by atoms with Crippen molar-refractivity contribution < 1.29 is 15.0 Å². The van der Waals surface area contributed by atoms with Crippen molar-refractivity contribution in [2.45, 2.75) is 20.3 Å². The highest BCUT2D eigenvalue weighted by atomic mass is 32.1. The van der Waals surface area contributed by atoms with Crippen molar-refractivity contribution >= 4 is 17.2 Å². The fourth-order valence-corrected chi connectivity index (χ4v) is 2.77. The first-order valence-corrected chi connectivity index (χ1v) is 6.56. The van der Waals surface area contributed by atoms with Gasteiger partial charge in [-0.15, -0.1) is 11.3 Å². The lowest BCUT2D eigenvalue weighted by Gasteiger charge is -2.19. The molecule has 0 bridgehead atoms. The van der Waals surface area contributed by atoms with E-state index in [0.717, 1.165) is 12.0 Å². The molecule has 1 aromatic heterocycles. The zero-order valence-electron chi connectivity index (χ0n) is 10.3. The minimum atomic E-state index is -0.110. The Balaban J connectivity index is 2.84. The van der Waals surface area contributed by atoms with Gasteiger partial charge in [-0.1, -0.05) is 6.92 Å². The maximum atomic E-state index is 12.1. The van der Waals surface area contributed by atoms with Crippen molar-refractivity contribution in [3.05, 3.63) is 21.4 Å². The Bertz CT molecular complexity index is 370. The summed E-state index contributed by atoms with van der Waals surface area (Å²) in [5.74, 6) is -0.110. The molecule has 0 spiro atoms. The molecule has 1 rings (SSSR count). The van der Waals surface area contributed by atoms with Gasteiger partial charge in [0.25, 0.3) is 5.91 Å². The van der Waals surface area contributed by atoms with E-state index in [1.165, 1.54) is 21.1 Å². The fraction of sp³-hybridized carbons (Fsp3) is 0.583. The van der Waals surface area contributed by atoms with Crippen LogP contribution >= 0.6 is 11.3 Å². The van der Waals surface area contributed by atoms with Gasteiger partial charge in [0.05, 0.1) is 18.1 Å². The summed E-state index contributed by atoms with van der Waals surface area (Å²) < 4.78 is 0. The minimum Gasteiger partial charge on any atom is -0.395 e. The number of aliphatic hydroxyl groups is 2. The van der Waals surface area contributed by atoms with Crippen LogP contribution in [0.2, 0.25) is 0 Å². The largest absolute Gasteiger partial charge is 0.395 e. The molecule has 0 aliphatic carbocycles. The predicted octanol–water partition coefficient (Wildman–Crippen LogP) is 1.05. The molecule has 1 heterocycles. The van der Waals surface area contributed by atoms with Crippen LogP contribution < -0.4 is 0 Å². The molecule has 0 aromatic carbocycles. The standard InChI is InChI=1S/C12H19NO3S/c1-3-10-9(2)8-11(17-10)12(16)13(4-6-14)5-7-15/h8,14-15H,3-7H2,1-2H3. The molecular weight excluding hydrogens is 238 g/mol. The van der Waals surface area contributed by atoms with Crippen LogP contribution in [-0.4, -0.2) is 47.3 Å². The molecule has 0 aliphatic rings. The Morgan fingerprint density at radius 2 is 1.94 bits per heavy atom. The van der Waals surface area contributed by atoms with Crippen LogP contribution in [0.5, 0.6) is 0 Å². The summed E-state index contributed by atoms with van der Waals surface area (Å²) in [5.41, 5.74) is 1.13. The number of carbonyl (C=O) groups excluding carboxylic acids is 1. The van der Waals surface area contributed by atoms with Gasteiger partial charge in [-0.2, -0.15) is 0 Å². The molecule has 2 N–H and O–H groups in total. The summed E-state index contributed by atoms with van der Waals surface area (Å²) in [6.45, 7) is 4.41. The first-order valence-electron chi connectivity index (χ1n) is 5.74. The number of hydrogen-bond donors (Lipinski definition) is 2. The number of hydrogen-bond acceptors (Lipinski definition) is 4. The SMILES string of the molecule is CCc1sc(C(=O)N(CCO)CCO)cc1C. The predicted molar refractivity (Wildman–Crippen MR) is 68.5 cm³/mol. The molecule has 96 valence electrons. The van der Waals surface area contributed by atoms with E-state index in [-0.39, 0.29) is 32.2 Å². The van der Waals surface area contributed by atoms with Crippen LogP contribution in [0, 0.1) is 6.92 Å². The molecule has 0 saturated heterocycles. The highest BCUT2D eigenvalue weighted by Gasteiger charge is 2.17. The van der Waals surface area contributed by atoms with Crippen molar-refractivity contribution in [1.82, 2.24) is 4.90 Å². The van der Waals surface area contributed by atoms with Gasteiger partial charge >= 0.3 is 0 Å². The number of amides is 1. The molecule has 5 heteroatoms. The summed E-state index contributed by atoms with van der Waals surface area (Å²) in [6, 6.07) is 1.88. The molecule has 1 aromatic rings. The molecule has 0 saturated carbocycles. The van der Waals surface area contributed by atoms with Crippen molar-refractivity contribution in [3.63, 3.8) is 0 Å². The topological polar surface area (TPSA) is 60.8 Å². The van der Waals surface area contributed by atoms with Gasteiger partial charge < -0.3 is 15.1 Å². The maximum Gasteiger partial charge on any atom is 0.264 e. The van der Waals surface area contributed by atoms with Gasteiger partial charge in [-0.25, -0.2) is 0 Å². The van der Waals surface area contributed by atoms with Crippen LogP contribution in [0.15, 0.2) is 6.07 Å². The second kappa shape index (κ2) is 6.74. The van der Waals surface area contributed by atoms with Gasteiger partial charge in [0.2, 0.25) is 0 Å². The molecule has 0 fully saturated rings. The number of thiophene rings is 1. The third kappa shape index (κ3) is 3.52. The van der Waals surface area contributed by atoms with Crippen molar-refractivity contribution in [2.75, 3.05) is 26.3 Å². The monoisotopic (exact) mass is 257 g/mol. The third-order valence-electron chi connectivity index (χ3n) is 2.58. The fourth-order valence-electron chi connectivity index (χ4n) is 1.69. The molecule has 0 atom stereocenters. The highest BCUT2D eigenvalue weighted by molar-refractivity contribution is 7.14. The van der Waals surface area contributed by atoms with Crippen LogP contribution in [0.4, 0.5) is 0 Å². The smallest absolute Gasteiger partial charge is 0.264 e. The molecule has 1 amide bonds. The summed E-state index contributed by atoms with van der Waals surface area (Å²) in [6.07, 6.45) is 0.920. The number of aryl methyl sites for hydroxylation is 2. The number of carbonyl (C=O) groups is 1. The normalized spacial score (nSPS) is 10.6. The average molecular weight is 257 g/mol. The van der Waals surface area contributed by atoms with E-state index in [1.807, 2.05) is 13.0 Å². The Morgan fingerprint density at radius 3 is 2.35 bits per heavy atom. The van der Waals surface area contributed by atoms with Crippen molar-refractivity contribution in [1.29, 1.82) is 0 Å². The van der Waals surface area contributed by atoms with Crippen LogP contribution in [0.3, 0.4) is 0 Å². The Morgan fingerprint density at radius 1 is 1.35 bits per heavy atom. The van der Waals surface area contributed by atoms with E-state index in [0.29, 0.717) is 4.88 Å². The Kier molecular flexibility index (Phi) is 5.61. The molecule has 17 heavy (non-hydrogen) atoms. The summed E-state index contributed by atoms with van der Waals surface area (Å²) in [5, 5.41) is 17.8. The number of nitrogens with zero attached hydrogens (tertiary/aromatic N) is 1. The van der Waals surface area contributed by atoms with Gasteiger partial charge in [-0.3, -0.25) is 4.79 Å². The van der Waals surface area contributed by atoms with Gasteiger partial charge in [-0.05, 0) is 25.0 Å². The Hall–Kier alpha value is -0.910. The van der Waals surface area contributed by atoms with Crippen molar-refractivity contribution in [3.8, 4) is 0 Å². The maximum absolute atomic E-state index is 12.1. The molecule has 4 nitrogen and oxygen atoms in total. The lowest BCUT2D eigenvalue weighted by atomic mass is 10.2. The first kappa shape index (κ1) is 14.2. The van der Waals surface area contributed by atoms with E-state index < -0.39 is 0 Å². The first-order chi connectivity index (χ1) is 8.13. The lowest BCUT2D eigenvalue weighted by molar-refractivity contribution is 0.0689. The van der Waals surface area contributed by atoms with E-state index in [2.05, 4.69) is 6.92 Å². The molecule has 0 unspecified atom stereocenters. The molecular formula is C12H19NO3S. The number of aliphatic hydroxyl groups excluding tert-OH is 2. The van der Waals surface area contributed by atoms with E-state index in [4.69, 9.17) is 10.2 Å². The minimum absolute atomic E-state index is 0.0866. The van der Waals surface area contributed by atoms with Crippen molar-refractivity contribution in [2.24, 2.45) is 0 Å². The van der Waals surface area contributed by atoms with Gasteiger partial charge in [0.15, 0.2) is 0 Å². The van der Waals surface area contributed by atoms with Gasteiger partial charge in [0.1, 0.15) is 0 Å². The second-order valence-corrected chi connectivity index (χ2v) is 4.95. The summed E-state index contributed by atoms with van der Waals surface area (Å²) >= 11 is 1.49. The van der Waals surface area contributed by atoms with E-state index in [9.17, 15) is 4.79 Å². The Labute approximate surface area is 106 Å². The van der Waals surface area contributed by atoms with Crippen LogP contribution in [0.25, 0.3) is 0 Å². The second-order valence-electron chi connectivity index (χ2n) is 3.81. The van der Waals surface area contributed by atoms with E-state index in [1.54, 1.807) is 0 Å². The lowest BCUT2D eigenvalue weighted by Crippen LogP contribution is -2.35. The van der Waals surface area contributed by atoms with Gasteiger partial charge in [0, 0.05) is 18.0 Å². The van der Waals surface area contributed by atoms with Crippen LogP contribution in [-0.2, 0) is 6.42 Å². The highest BCUT2D eigenvalue weighted by Crippen LogP contribution is 2.23. The molecule has 0 aliphatic heterocycles. The van der Waals surface area contributed by atoms with Crippen LogP contribution in [0.1, 0.15) is 27.0 Å². The number of rotatable bonds is 6. The van der Waals surface area contributed by atoms with E-state index >= 15 is 0 Å². The zero-order chi connectivity index (χ0) is 12.8. The third-order valence-corrected chi connectivity index (χ3v) is 3.95. The summed E-state index contributed by atoms with van der Waals surface area (Å²) in [7, 11) is 0. The average Bonchev–Trinajstić information content (AvgIpc) is 2.69. The quantitative estimate of drug-likeness (QED) is 0.800. The zero-order valence-corrected chi connectivity index (χ0v) is 11.1.